The average molecular weight is 257 g/mol. The van der Waals surface area contributed by atoms with Crippen LogP contribution in [0.15, 0.2) is 24.3 Å². The quantitative estimate of drug-likeness (QED) is 0.812. The predicted octanol–water partition coefficient (Wildman–Crippen LogP) is 4.07. The lowest BCUT2D eigenvalue weighted by Gasteiger charge is -2.41. The smallest absolute Gasteiger partial charge is 0.106 e. The molecule has 1 N–H and O–H groups in total. The van der Waals surface area contributed by atoms with Gasteiger partial charge in [-0.3, -0.25) is 0 Å². The van der Waals surface area contributed by atoms with Crippen molar-refractivity contribution in [1.29, 1.82) is 5.26 Å². The second-order valence-corrected chi connectivity index (χ2v) is 6.00. The fourth-order valence-electron chi connectivity index (χ4n) is 3.42. The number of nitriles is 1. The van der Waals surface area contributed by atoms with Crippen molar-refractivity contribution < 1.29 is 5.11 Å². The van der Waals surface area contributed by atoms with Crippen LogP contribution in [0.25, 0.3) is 0 Å². The van der Waals surface area contributed by atoms with Gasteiger partial charge in [-0.15, -0.1) is 0 Å². The van der Waals surface area contributed by atoms with Crippen molar-refractivity contribution in [2.24, 2.45) is 5.41 Å². The number of aliphatic hydroxyl groups is 1. The number of nitrogens with zero attached hydrogens (tertiary/aromatic N) is 1. The molecular formula is C17H23NO. The molecule has 2 rings (SSSR count). The summed E-state index contributed by atoms with van der Waals surface area (Å²) in [5.74, 6) is 0. The third-order valence-corrected chi connectivity index (χ3v) is 4.77. The number of aryl methyl sites for hydroxylation is 1. The summed E-state index contributed by atoms with van der Waals surface area (Å²) in [6.45, 7) is 3.83. The molecule has 0 aromatic heterocycles. The van der Waals surface area contributed by atoms with Crippen LogP contribution in [-0.2, 0) is 5.60 Å². The molecule has 1 aromatic rings. The van der Waals surface area contributed by atoms with E-state index in [0.29, 0.717) is 0 Å². The zero-order valence-electron chi connectivity index (χ0n) is 11.9. The van der Waals surface area contributed by atoms with Crippen molar-refractivity contribution in [2.45, 2.75) is 58.0 Å². The molecule has 102 valence electrons. The highest BCUT2D eigenvalue weighted by atomic mass is 16.3. The van der Waals surface area contributed by atoms with Crippen molar-refractivity contribution in [2.75, 3.05) is 0 Å². The minimum atomic E-state index is -1.07. The monoisotopic (exact) mass is 257 g/mol. The Kier molecular flexibility index (Phi) is 3.96. The van der Waals surface area contributed by atoms with E-state index in [1.807, 2.05) is 38.1 Å². The van der Waals surface area contributed by atoms with Crippen molar-refractivity contribution in [1.82, 2.24) is 0 Å². The lowest BCUT2D eigenvalue weighted by atomic mass is 9.65. The lowest BCUT2D eigenvalue weighted by Crippen LogP contribution is -2.43. The third-order valence-electron chi connectivity index (χ3n) is 4.77. The Morgan fingerprint density at radius 3 is 2.26 bits per heavy atom. The Balaban J connectivity index is 2.46. The summed E-state index contributed by atoms with van der Waals surface area (Å²) in [6.07, 6.45) is 6.02. The molecule has 1 saturated carbocycles. The molecule has 1 aromatic carbocycles. The Bertz CT molecular complexity index is 476. The van der Waals surface area contributed by atoms with Crippen molar-refractivity contribution in [3.63, 3.8) is 0 Å². The first-order chi connectivity index (χ1) is 9.03. The number of rotatable bonds is 2. The van der Waals surface area contributed by atoms with E-state index >= 15 is 0 Å². The van der Waals surface area contributed by atoms with E-state index in [9.17, 15) is 10.4 Å². The van der Waals surface area contributed by atoms with Gasteiger partial charge < -0.3 is 5.11 Å². The molecule has 1 unspecified atom stereocenters. The van der Waals surface area contributed by atoms with Gasteiger partial charge in [-0.25, -0.2) is 0 Å². The molecule has 0 heterocycles. The van der Waals surface area contributed by atoms with Gasteiger partial charge in [-0.05, 0) is 37.8 Å². The van der Waals surface area contributed by atoms with E-state index in [2.05, 4.69) is 6.07 Å². The maximum Gasteiger partial charge on any atom is 0.106 e. The van der Waals surface area contributed by atoms with E-state index in [4.69, 9.17) is 0 Å². The number of hydrogen-bond acceptors (Lipinski definition) is 2. The average Bonchev–Trinajstić information content (AvgIpc) is 2.65. The fourth-order valence-corrected chi connectivity index (χ4v) is 3.42. The molecule has 1 aliphatic carbocycles. The molecule has 1 atom stereocenters. The van der Waals surface area contributed by atoms with E-state index < -0.39 is 11.0 Å². The van der Waals surface area contributed by atoms with Crippen LogP contribution in [0.3, 0.4) is 0 Å². The van der Waals surface area contributed by atoms with Crippen LogP contribution >= 0.6 is 0 Å². The first-order valence-electron chi connectivity index (χ1n) is 7.23. The summed E-state index contributed by atoms with van der Waals surface area (Å²) >= 11 is 0. The SMILES string of the molecule is Cc1ccccc1C(C)(O)C1(C#N)CCCCCC1. The first kappa shape index (κ1) is 14.1. The zero-order valence-corrected chi connectivity index (χ0v) is 11.9. The van der Waals surface area contributed by atoms with Gasteiger partial charge in [0.05, 0.1) is 11.5 Å². The predicted molar refractivity (Wildman–Crippen MR) is 76.5 cm³/mol. The van der Waals surface area contributed by atoms with Crippen LogP contribution in [0, 0.1) is 23.7 Å². The van der Waals surface area contributed by atoms with Gasteiger partial charge >= 0.3 is 0 Å². The maximum atomic E-state index is 11.1. The van der Waals surface area contributed by atoms with Gasteiger partial charge in [0.15, 0.2) is 0 Å². The first-order valence-corrected chi connectivity index (χ1v) is 7.23. The summed E-state index contributed by atoms with van der Waals surface area (Å²) in [5.41, 5.74) is 0.248. The molecule has 0 bridgehead atoms. The Labute approximate surface area is 116 Å². The fraction of sp³-hybridized carbons (Fsp3) is 0.588. The zero-order chi connectivity index (χ0) is 13.9. The molecule has 1 fully saturated rings. The minimum Gasteiger partial charge on any atom is -0.384 e. The van der Waals surface area contributed by atoms with Crippen LogP contribution in [0.1, 0.15) is 56.6 Å². The molecule has 2 heteroatoms. The lowest BCUT2D eigenvalue weighted by molar-refractivity contribution is -0.0538. The van der Waals surface area contributed by atoms with Crippen molar-refractivity contribution in [3.8, 4) is 6.07 Å². The maximum absolute atomic E-state index is 11.1. The summed E-state index contributed by atoms with van der Waals surface area (Å²) in [4.78, 5) is 0. The van der Waals surface area contributed by atoms with Gasteiger partial charge in [0.25, 0.3) is 0 Å². The molecule has 0 amide bonds. The van der Waals surface area contributed by atoms with Crippen LogP contribution < -0.4 is 0 Å². The van der Waals surface area contributed by atoms with Crippen LogP contribution in [0.2, 0.25) is 0 Å². The van der Waals surface area contributed by atoms with Crippen molar-refractivity contribution >= 4 is 0 Å². The van der Waals surface area contributed by atoms with E-state index in [-0.39, 0.29) is 0 Å². The molecule has 0 aliphatic heterocycles. The Morgan fingerprint density at radius 1 is 1.16 bits per heavy atom. The van der Waals surface area contributed by atoms with Gasteiger partial charge in [0, 0.05) is 0 Å². The van der Waals surface area contributed by atoms with Crippen LogP contribution in [0.5, 0.6) is 0 Å². The summed E-state index contributed by atoms with van der Waals surface area (Å²) in [7, 11) is 0. The summed E-state index contributed by atoms with van der Waals surface area (Å²) < 4.78 is 0. The summed E-state index contributed by atoms with van der Waals surface area (Å²) in [6, 6.07) is 10.4. The summed E-state index contributed by atoms with van der Waals surface area (Å²) in [5, 5.41) is 20.9. The highest BCUT2D eigenvalue weighted by molar-refractivity contribution is 5.35. The van der Waals surface area contributed by atoms with Gasteiger partial charge in [0.2, 0.25) is 0 Å². The topological polar surface area (TPSA) is 44.0 Å². The molecule has 1 aliphatic rings. The third kappa shape index (κ3) is 2.40. The van der Waals surface area contributed by atoms with Crippen LogP contribution in [-0.4, -0.2) is 5.11 Å². The van der Waals surface area contributed by atoms with Gasteiger partial charge in [-0.2, -0.15) is 5.26 Å². The molecule has 19 heavy (non-hydrogen) atoms. The van der Waals surface area contributed by atoms with E-state index in [1.165, 1.54) is 12.8 Å². The standard InChI is InChI=1S/C17H23NO/c1-14-9-5-6-10-15(14)16(2,19)17(13-18)11-7-3-4-8-12-17/h5-6,9-10,19H,3-4,7-8,11-12H2,1-2H3. The van der Waals surface area contributed by atoms with Crippen LogP contribution in [0.4, 0.5) is 0 Å². The highest BCUT2D eigenvalue weighted by Crippen LogP contribution is 2.49. The number of benzene rings is 1. The largest absolute Gasteiger partial charge is 0.384 e. The molecule has 0 spiro atoms. The Morgan fingerprint density at radius 2 is 1.74 bits per heavy atom. The normalized spacial score (nSPS) is 22.0. The Hall–Kier alpha value is -1.33. The minimum absolute atomic E-state index is 0.643. The second kappa shape index (κ2) is 5.35. The van der Waals surface area contributed by atoms with Gasteiger partial charge in [-0.1, -0.05) is 49.9 Å². The second-order valence-electron chi connectivity index (χ2n) is 6.00. The van der Waals surface area contributed by atoms with Crippen molar-refractivity contribution in [3.05, 3.63) is 35.4 Å². The van der Waals surface area contributed by atoms with E-state index in [1.54, 1.807) is 0 Å². The molecule has 2 nitrogen and oxygen atoms in total. The highest BCUT2D eigenvalue weighted by Gasteiger charge is 2.48. The van der Waals surface area contributed by atoms with E-state index in [0.717, 1.165) is 36.8 Å². The molecular weight excluding hydrogens is 234 g/mol. The van der Waals surface area contributed by atoms with Gasteiger partial charge in [0.1, 0.15) is 5.60 Å². The molecule has 0 saturated heterocycles. The number of hydrogen-bond donors (Lipinski definition) is 1. The molecule has 0 radical (unpaired) electrons.